The van der Waals surface area contributed by atoms with Crippen LogP contribution in [0.25, 0.3) is 11.0 Å². The third kappa shape index (κ3) is 5.83. The van der Waals surface area contributed by atoms with E-state index in [0.717, 1.165) is 70.4 Å². The lowest BCUT2D eigenvalue weighted by atomic mass is 10.1. The van der Waals surface area contributed by atoms with Gasteiger partial charge < -0.3 is 19.9 Å². The van der Waals surface area contributed by atoms with Gasteiger partial charge in [-0.1, -0.05) is 36.4 Å². The van der Waals surface area contributed by atoms with Crippen molar-refractivity contribution < 1.29 is 4.74 Å². The molecule has 0 spiro atoms. The number of morpholine rings is 1. The molecule has 2 aromatic carbocycles. The Kier molecular flexibility index (Phi) is 7.52. The minimum Gasteiger partial charge on any atom is -0.379 e. The summed E-state index contributed by atoms with van der Waals surface area (Å²) in [5.41, 5.74) is 4.90. The standard InChI is InChI=1S/C24H32N6O/c1-25-24(26-11-6-12-30-19-28-22-9-4-5-10-23(22)30)27-17-20-7-2-3-8-21(20)18-29-13-15-31-16-14-29/h2-5,7-10,19H,6,11-18H2,1H3,(H2,25,26,27). The Bertz CT molecular complexity index is 992. The molecule has 1 fully saturated rings. The molecule has 164 valence electrons. The normalized spacial score (nSPS) is 15.3. The largest absolute Gasteiger partial charge is 0.379 e. The molecule has 1 aliphatic rings. The molecule has 0 bridgehead atoms. The van der Waals surface area contributed by atoms with Gasteiger partial charge in [0.05, 0.1) is 30.6 Å². The summed E-state index contributed by atoms with van der Waals surface area (Å²) in [5.74, 6) is 0.830. The van der Waals surface area contributed by atoms with E-state index in [4.69, 9.17) is 4.74 Å². The number of ether oxygens (including phenoxy) is 1. The van der Waals surface area contributed by atoms with Crippen molar-refractivity contribution in [1.29, 1.82) is 0 Å². The molecule has 7 nitrogen and oxygen atoms in total. The first kappa shape index (κ1) is 21.3. The first-order chi connectivity index (χ1) is 15.3. The van der Waals surface area contributed by atoms with Gasteiger partial charge in [-0.15, -0.1) is 0 Å². The number of para-hydroxylation sites is 2. The molecule has 31 heavy (non-hydrogen) atoms. The van der Waals surface area contributed by atoms with Crippen LogP contribution in [0, 0.1) is 0 Å². The van der Waals surface area contributed by atoms with E-state index >= 15 is 0 Å². The molecule has 3 aromatic rings. The fourth-order valence-corrected chi connectivity index (χ4v) is 3.93. The fraction of sp³-hybridized carbons (Fsp3) is 0.417. The molecule has 7 heteroatoms. The van der Waals surface area contributed by atoms with E-state index < -0.39 is 0 Å². The molecule has 0 aliphatic carbocycles. The Balaban J connectivity index is 1.24. The number of guanidine groups is 1. The fourth-order valence-electron chi connectivity index (χ4n) is 3.93. The number of fused-ring (bicyclic) bond motifs is 1. The first-order valence-electron chi connectivity index (χ1n) is 11.0. The highest BCUT2D eigenvalue weighted by molar-refractivity contribution is 5.79. The quantitative estimate of drug-likeness (QED) is 0.333. The summed E-state index contributed by atoms with van der Waals surface area (Å²) >= 11 is 0. The molecule has 1 aliphatic heterocycles. The van der Waals surface area contributed by atoms with Crippen molar-refractivity contribution in [1.82, 2.24) is 25.1 Å². The number of nitrogens with one attached hydrogen (secondary N) is 2. The number of rotatable bonds is 8. The van der Waals surface area contributed by atoms with Gasteiger partial charge in [0.25, 0.3) is 0 Å². The lowest BCUT2D eigenvalue weighted by Gasteiger charge is -2.27. The maximum absolute atomic E-state index is 5.47. The zero-order chi connectivity index (χ0) is 21.3. The topological polar surface area (TPSA) is 66.7 Å². The van der Waals surface area contributed by atoms with E-state index in [1.165, 1.54) is 16.6 Å². The monoisotopic (exact) mass is 420 g/mol. The van der Waals surface area contributed by atoms with Crippen molar-refractivity contribution in [3.63, 3.8) is 0 Å². The Morgan fingerprint density at radius 1 is 1.03 bits per heavy atom. The van der Waals surface area contributed by atoms with Crippen LogP contribution in [0.3, 0.4) is 0 Å². The second kappa shape index (κ2) is 10.9. The highest BCUT2D eigenvalue weighted by Gasteiger charge is 2.12. The molecule has 1 saturated heterocycles. The summed E-state index contributed by atoms with van der Waals surface area (Å²) < 4.78 is 7.67. The molecule has 0 radical (unpaired) electrons. The van der Waals surface area contributed by atoms with E-state index in [2.05, 4.69) is 66.5 Å². The maximum atomic E-state index is 5.47. The summed E-state index contributed by atoms with van der Waals surface area (Å²) in [6.07, 6.45) is 2.91. The number of aryl methyl sites for hydroxylation is 1. The number of hydrogen-bond donors (Lipinski definition) is 2. The molecule has 4 rings (SSSR count). The van der Waals surface area contributed by atoms with Crippen molar-refractivity contribution in [2.45, 2.75) is 26.1 Å². The maximum Gasteiger partial charge on any atom is 0.191 e. The van der Waals surface area contributed by atoms with Gasteiger partial charge in [0.2, 0.25) is 0 Å². The summed E-state index contributed by atoms with van der Waals surface area (Å²) in [7, 11) is 1.82. The van der Waals surface area contributed by atoms with Crippen molar-refractivity contribution in [2.75, 3.05) is 39.9 Å². The molecule has 2 N–H and O–H groups in total. The van der Waals surface area contributed by atoms with Gasteiger partial charge in [-0.2, -0.15) is 0 Å². The average Bonchev–Trinajstić information content (AvgIpc) is 3.23. The van der Waals surface area contributed by atoms with Crippen LogP contribution in [0.4, 0.5) is 0 Å². The minimum absolute atomic E-state index is 0.756. The molecule has 1 aromatic heterocycles. The first-order valence-corrected chi connectivity index (χ1v) is 11.0. The van der Waals surface area contributed by atoms with E-state index in [9.17, 15) is 0 Å². The van der Waals surface area contributed by atoms with Gasteiger partial charge in [0.1, 0.15) is 0 Å². The zero-order valence-corrected chi connectivity index (χ0v) is 18.3. The van der Waals surface area contributed by atoms with Crippen molar-refractivity contribution in [2.24, 2.45) is 4.99 Å². The number of imidazole rings is 1. The summed E-state index contributed by atoms with van der Waals surface area (Å²) in [4.78, 5) is 11.3. The van der Waals surface area contributed by atoms with Crippen LogP contribution in [-0.2, 0) is 24.4 Å². The van der Waals surface area contributed by atoms with Gasteiger partial charge in [-0.3, -0.25) is 9.89 Å². The predicted octanol–water partition coefficient (Wildman–Crippen LogP) is 2.62. The molecule has 0 atom stereocenters. The molecule has 0 saturated carbocycles. The van der Waals surface area contributed by atoms with Crippen LogP contribution in [-0.4, -0.2) is 60.3 Å². The molecular weight excluding hydrogens is 388 g/mol. The third-order valence-electron chi connectivity index (χ3n) is 5.68. The smallest absolute Gasteiger partial charge is 0.191 e. The average molecular weight is 421 g/mol. The van der Waals surface area contributed by atoms with E-state index in [1.807, 2.05) is 25.5 Å². The zero-order valence-electron chi connectivity index (χ0n) is 18.3. The lowest BCUT2D eigenvalue weighted by Crippen LogP contribution is -2.38. The van der Waals surface area contributed by atoms with Crippen LogP contribution in [0.15, 0.2) is 59.9 Å². The van der Waals surface area contributed by atoms with Crippen LogP contribution in [0.2, 0.25) is 0 Å². The number of benzene rings is 2. The van der Waals surface area contributed by atoms with Crippen molar-refractivity contribution in [3.05, 3.63) is 66.0 Å². The molecule has 0 unspecified atom stereocenters. The minimum atomic E-state index is 0.756. The van der Waals surface area contributed by atoms with Gasteiger partial charge >= 0.3 is 0 Å². The van der Waals surface area contributed by atoms with E-state index in [0.29, 0.717) is 0 Å². The summed E-state index contributed by atoms with van der Waals surface area (Å²) in [5, 5.41) is 6.89. The second-order valence-electron chi connectivity index (χ2n) is 7.79. The van der Waals surface area contributed by atoms with Crippen LogP contribution >= 0.6 is 0 Å². The lowest BCUT2D eigenvalue weighted by molar-refractivity contribution is 0.0341. The Labute approximate surface area is 184 Å². The van der Waals surface area contributed by atoms with Crippen LogP contribution in [0.1, 0.15) is 17.5 Å². The van der Waals surface area contributed by atoms with Gasteiger partial charge in [-0.25, -0.2) is 4.98 Å². The number of aromatic nitrogens is 2. The Morgan fingerprint density at radius 3 is 2.65 bits per heavy atom. The van der Waals surface area contributed by atoms with Gasteiger partial charge in [0.15, 0.2) is 5.96 Å². The number of hydrogen-bond acceptors (Lipinski definition) is 4. The van der Waals surface area contributed by atoms with E-state index in [-0.39, 0.29) is 0 Å². The Hall–Kier alpha value is -2.90. The highest BCUT2D eigenvalue weighted by Crippen LogP contribution is 2.13. The molecule has 2 heterocycles. The summed E-state index contributed by atoms with van der Waals surface area (Å²) in [6.45, 7) is 7.14. The predicted molar refractivity (Wildman–Crippen MR) is 125 cm³/mol. The highest BCUT2D eigenvalue weighted by atomic mass is 16.5. The SMILES string of the molecule is CN=C(NCCCn1cnc2ccccc21)NCc1ccccc1CN1CCOCC1. The molecular formula is C24H32N6O. The molecule has 0 amide bonds. The van der Waals surface area contributed by atoms with Crippen LogP contribution < -0.4 is 10.6 Å². The van der Waals surface area contributed by atoms with Crippen molar-refractivity contribution >= 4 is 17.0 Å². The van der Waals surface area contributed by atoms with Crippen LogP contribution in [0.5, 0.6) is 0 Å². The van der Waals surface area contributed by atoms with Crippen molar-refractivity contribution in [3.8, 4) is 0 Å². The Morgan fingerprint density at radius 2 is 1.81 bits per heavy atom. The summed E-state index contributed by atoms with van der Waals surface area (Å²) in [6, 6.07) is 16.9. The number of nitrogens with zero attached hydrogens (tertiary/aromatic N) is 4. The second-order valence-corrected chi connectivity index (χ2v) is 7.79. The third-order valence-corrected chi connectivity index (χ3v) is 5.68. The number of aliphatic imine (C=N–C) groups is 1. The van der Waals surface area contributed by atoms with Gasteiger partial charge in [0, 0.05) is 46.3 Å². The van der Waals surface area contributed by atoms with E-state index in [1.54, 1.807) is 0 Å². The van der Waals surface area contributed by atoms with Gasteiger partial charge in [-0.05, 0) is 29.7 Å².